The largest absolute Gasteiger partial charge is 0.507 e. The minimum atomic E-state index is 0.169. The lowest BCUT2D eigenvalue weighted by atomic mass is 9.99. The number of phenolic OH excluding ortho intramolecular Hbond substituents is 2. The Kier molecular flexibility index (Phi) is 4.11. The third kappa shape index (κ3) is 2.77. The van der Waals surface area contributed by atoms with Crippen LogP contribution in [0.2, 0.25) is 0 Å². The van der Waals surface area contributed by atoms with Gasteiger partial charge in [-0.3, -0.25) is 0 Å². The lowest BCUT2D eigenvalue weighted by Crippen LogP contribution is -1.88. The summed E-state index contributed by atoms with van der Waals surface area (Å²) in [5.41, 5.74) is 2.40. The molecule has 0 aliphatic carbocycles. The van der Waals surface area contributed by atoms with Gasteiger partial charge in [0, 0.05) is 17.0 Å². The average Bonchev–Trinajstić information content (AvgIpc) is 2.39. The second kappa shape index (κ2) is 5.78. The first-order valence-corrected chi connectivity index (χ1v) is 6.42. The molecule has 2 nitrogen and oxygen atoms in total. The topological polar surface area (TPSA) is 40.5 Å². The summed E-state index contributed by atoms with van der Waals surface area (Å²) in [5, 5.41) is 19.7. The highest BCUT2D eigenvalue weighted by molar-refractivity contribution is 6.17. The fraction of sp³-hybridized carbons (Fsp3) is 0.200. The van der Waals surface area contributed by atoms with E-state index in [1.165, 1.54) is 0 Å². The Morgan fingerprint density at radius 3 is 2.33 bits per heavy atom. The SMILES string of the molecule is Oc1ccccc1-c1cc(CCCCl)ccc1O. The zero-order chi connectivity index (χ0) is 13.0. The van der Waals surface area contributed by atoms with Crippen LogP contribution in [0.3, 0.4) is 0 Å². The molecule has 0 saturated heterocycles. The van der Waals surface area contributed by atoms with E-state index in [4.69, 9.17) is 11.6 Å². The molecule has 3 heteroatoms. The van der Waals surface area contributed by atoms with Crippen molar-refractivity contribution in [1.82, 2.24) is 0 Å². The van der Waals surface area contributed by atoms with E-state index in [2.05, 4.69) is 0 Å². The zero-order valence-electron chi connectivity index (χ0n) is 9.94. The van der Waals surface area contributed by atoms with Crippen LogP contribution >= 0.6 is 11.6 Å². The van der Waals surface area contributed by atoms with Crippen LogP contribution in [0.4, 0.5) is 0 Å². The Balaban J connectivity index is 2.40. The van der Waals surface area contributed by atoms with Crippen LogP contribution in [0, 0.1) is 0 Å². The van der Waals surface area contributed by atoms with Crippen molar-refractivity contribution in [1.29, 1.82) is 0 Å². The maximum Gasteiger partial charge on any atom is 0.123 e. The third-order valence-corrected chi connectivity index (χ3v) is 3.12. The molecule has 2 aromatic carbocycles. The number of rotatable bonds is 4. The second-order valence-electron chi connectivity index (χ2n) is 4.16. The van der Waals surface area contributed by atoms with Crippen LogP contribution < -0.4 is 0 Å². The van der Waals surface area contributed by atoms with Crippen molar-refractivity contribution < 1.29 is 10.2 Å². The molecule has 2 rings (SSSR count). The Bertz CT molecular complexity index is 538. The van der Waals surface area contributed by atoms with Crippen molar-refractivity contribution in [3.63, 3.8) is 0 Å². The summed E-state index contributed by atoms with van der Waals surface area (Å²) < 4.78 is 0. The highest BCUT2D eigenvalue weighted by atomic mass is 35.5. The fourth-order valence-electron chi connectivity index (χ4n) is 1.93. The molecule has 0 aliphatic heterocycles. The average molecular weight is 263 g/mol. The Hall–Kier alpha value is -1.67. The number of halogens is 1. The third-order valence-electron chi connectivity index (χ3n) is 2.85. The van der Waals surface area contributed by atoms with Crippen LogP contribution in [0.5, 0.6) is 11.5 Å². The highest BCUT2D eigenvalue weighted by Crippen LogP contribution is 2.35. The van der Waals surface area contributed by atoms with Gasteiger partial charge < -0.3 is 10.2 Å². The number of aromatic hydroxyl groups is 2. The van der Waals surface area contributed by atoms with Gasteiger partial charge in [0.1, 0.15) is 11.5 Å². The summed E-state index contributed by atoms with van der Waals surface area (Å²) in [5.74, 6) is 0.959. The van der Waals surface area contributed by atoms with Crippen molar-refractivity contribution in [3.05, 3.63) is 48.0 Å². The number of phenols is 2. The number of aryl methyl sites for hydroxylation is 1. The summed E-state index contributed by atoms with van der Waals surface area (Å²) >= 11 is 5.68. The van der Waals surface area contributed by atoms with Gasteiger partial charge in [-0.05, 0) is 36.6 Å². The molecule has 2 aromatic rings. The molecule has 0 spiro atoms. The van der Waals surface area contributed by atoms with E-state index >= 15 is 0 Å². The first-order valence-electron chi connectivity index (χ1n) is 5.88. The number of hydrogen-bond acceptors (Lipinski definition) is 2. The lowest BCUT2D eigenvalue weighted by molar-refractivity contribution is 0.469. The van der Waals surface area contributed by atoms with Gasteiger partial charge in [-0.15, -0.1) is 11.6 Å². The highest BCUT2D eigenvalue weighted by Gasteiger charge is 2.09. The van der Waals surface area contributed by atoms with E-state index in [0.29, 0.717) is 17.0 Å². The summed E-state index contributed by atoms with van der Waals surface area (Å²) in [4.78, 5) is 0. The first kappa shape index (κ1) is 12.8. The molecule has 2 N–H and O–H groups in total. The van der Waals surface area contributed by atoms with Gasteiger partial charge in [-0.1, -0.05) is 24.3 Å². The maximum absolute atomic E-state index is 9.90. The molecule has 0 unspecified atom stereocenters. The van der Waals surface area contributed by atoms with E-state index in [0.717, 1.165) is 18.4 Å². The van der Waals surface area contributed by atoms with E-state index in [9.17, 15) is 10.2 Å². The minimum absolute atomic E-state index is 0.169. The zero-order valence-corrected chi connectivity index (χ0v) is 10.7. The summed E-state index contributed by atoms with van der Waals surface area (Å²) in [6.45, 7) is 0. The molecular weight excluding hydrogens is 248 g/mol. The Morgan fingerprint density at radius 1 is 0.889 bits per heavy atom. The van der Waals surface area contributed by atoms with E-state index in [1.54, 1.807) is 24.3 Å². The predicted octanol–water partition coefficient (Wildman–Crippen LogP) is 3.94. The predicted molar refractivity (Wildman–Crippen MR) is 74.2 cm³/mol. The molecule has 0 bridgehead atoms. The molecule has 18 heavy (non-hydrogen) atoms. The van der Waals surface area contributed by atoms with E-state index in [1.807, 2.05) is 18.2 Å². The van der Waals surface area contributed by atoms with Crippen molar-refractivity contribution >= 4 is 11.6 Å². The number of alkyl halides is 1. The van der Waals surface area contributed by atoms with Gasteiger partial charge in [0.15, 0.2) is 0 Å². The van der Waals surface area contributed by atoms with Crippen LogP contribution in [0.25, 0.3) is 11.1 Å². The van der Waals surface area contributed by atoms with Gasteiger partial charge in [0.05, 0.1) is 0 Å². The quantitative estimate of drug-likeness (QED) is 0.820. The van der Waals surface area contributed by atoms with Crippen molar-refractivity contribution in [2.75, 3.05) is 5.88 Å². The van der Waals surface area contributed by atoms with Gasteiger partial charge in [-0.25, -0.2) is 0 Å². The number of para-hydroxylation sites is 1. The monoisotopic (exact) mass is 262 g/mol. The first-order chi connectivity index (χ1) is 8.72. The Labute approximate surface area is 111 Å². The number of benzene rings is 2. The molecule has 94 valence electrons. The van der Waals surface area contributed by atoms with Crippen LogP contribution in [0.1, 0.15) is 12.0 Å². The van der Waals surface area contributed by atoms with E-state index in [-0.39, 0.29) is 11.5 Å². The number of hydrogen-bond donors (Lipinski definition) is 2. The smallest absolute Gasteiger partial charge is 0.123 e. The lowest BCUT2D eigenvalue weighted by Gasteiger charge is -2.09. The maximum atomic E-state index is 9.90. The van der Waals surface area contributed by atoms with Crippen molar-refractivity contribution in [2.24, 2.45) is 0 Å². The molecule has 0 aliphatic rings. The summed E-state index contributed by atoms with van der Waals surface area (Å²) in [7, 11) is 0. The molecule has 0 atom stereocenters. The van der Waals surface area contributed by atoms with E-state index < -0.39 is 0 Å². The molecular formula is C15H15ClO2. The molecule has 0 fully saturated rings. The minimum Gasteiger partial charge on any atom is -0.507 e. The van der Waals surface area contributed by atoms with Gasteiger partial charge in [0.25, 0.3) is 0 Å². The summed E-state index contributed by atoms with van der Waals surface area (Å²) in [6, 6.07) is 12.4. The standard InChI is InChI=1S/C15H15ClO2/c16-9-3-4-11-7-8-15(18)13(10-11)12-5-1-2-6-14(12)17/h1-2,5-8,10,17-18H,3-4,9H2. The molecule has 0 aromatic heterocycles. The molecule has 0 radical (unpaired) electrons. The van der Waals surface area contributed by atoms with Gasteiger partial charge in [-0.2, -0.15) is 0 Å². The Morgan fingerprint density at radius 2 is 1.61 bits per heavy atom. The normalized spacial score (nSPS) is 10.5. The molecule has 0 heterocycles. The van der Waals surface area contributed by atoms with Crippen LogP contribution in [-0.4, -0.2) is 16.1 Å². The molecule has 0 amide bonds. The van der Waals surface area contributed by atoms with Crippen LogP contribution in [-0.2, 0) is 6.42 Å². The molecule has 0 saturated carbocycles. The van der Waals surface area contributed by atoms with Gasteiger partial charge in [0.2, 0.25) is 0 Å². The van der Waals surface area contributed by atoms with Crippen molar-refractivity contribution in [2.45, 2.75) is 12.8 Å². The fourth-order valence-corrected chi connectivity index (χ4v) is 2.06. The summed E-state index contributed by atoms with van der Waals surface area (Å²) in [6.07, 6.45) is 1.76. The van der Waals surface area contributed by atoms with Crippen molar-refractivity contribution in [3.8, 4) is 22.6 Å². The van der Waals surface area contributed by atoms with Crippen LogP contribution in [0.15, 0.2) is 42.5 Å². The second-order valence-corrected chi connectivity index (χ2v) is 4.54. The van der Waals surface area contributed by atoms with Gasteiger partial charge >= 0.3 is 0 Å².